The molecule has 2 saturated heterocycles. The number of hydrogen-bond acceptors (Lipinski definition) is 4. The van der Waals surface area contributed by atoms with Gasteiger partial charge in [-0.15, -0.1) is 0 Å². The van der Waals surface area contributed by atoms with Crippen LogP contribution in [0.4, 0.5) is 10.1 Å². The van der Waals surface area contributed by atoms with Gasteiger partial charge in [-0.25, -0.2) is 4.39 Å². The third-order valence-electron chi connectivity index (χ3n) is 6.84. The number of morpholine rings is 1. The first-order valence-corrected chi connectivity index (χ1v) is 12.0. The first-order valence-electron chi connectivity index (χ1n) is 12.0. The van der Waals surface area contributed by atoms with E-state index in [9.17, 15) is 9.18 Å². The molecule has 176 valence electrons. The van der Waals surface area contributed by atoms with Crippen LogP contribution in [0.1, 0.15) is 44.1 Å². The van der Waals surface area contributed by atoms with Crippen LogP contribution in [-0.4, -0.2) is 69.2 Å². The lowest BCUT2D eigenvalue weighted by Gasteiger charge is -2.29. The normalized spacial score (nSPS) is 22.8. The highest BCUT2D eigenvalue weighted by Gasteiger charge is 2.31. The highest BCUT2D eigenvalue weighted by Crippen LogP contribution is 2.27. The molecule has 0 aromatic heterocycles. The molecule has 1 aromatic carbocycles. The lowest BCUT2D eigenvalue weighted by atomic mass is 9.88. The van der Waals surface area contributed by atoms with E-state index in [1.54, 1.807) is 13.1 Å². The fourth-order valence-electron chi connectivity index (χ4n) is 4.98. The Morgan fingerprint density at radius 1 is 1.16 bits per heavy atom. The molecule has 1 unspecified atom stereocenters. The average Bonchev–Trinajstić information content (AvgIpc) is 3.31. The predicted octanol–water partition coefficient (Wildman–Crippen LogP) is 2.51. The lowest BCUT2D eigenvalue weighted by Crippen LogP contribution is -2.45. The van der Waals surface area contributed by atoms with E-state index < -0.39 is 0 Å². The number of anilines is 1. The van der Waals surface area contributed by atoms with Crippen molar-refractivity contribution in [3.63, 3.8) is 0 Å². The molecule has 0 radical (unpaired) electrons. The van der Waals surface area contributed by atoms with Gasteiger partial charge in [-0.2, -0.15) is 0 Å². The number of likely N-dealkylation sites (tertiary alicyclic amines) is 1. The largest absolute Gasteiger partial charge is 0.378 e. The molecule has 1 aromatic rings. The van der Waals surface area contributed by atoms with Crippen LogP contribution in [0.15, 0.2) is 23.2 Å². The minimum absolute atomic E-state index is 0.189. The minimum Gasteiger partial charge on any atom is -0.378 e. The molecule has 1 saturated carbocycles. The summed E-state index contributed by atoms with van der Waals surface area (Å²) in [7, 11) is 1.73. The number of rotatable bonds is 5. The quantitative estimate of drug-likeness (QED) is 0.539. The van der Waals surface area contributed by atoms with Crippen LogP contribution in [0.3, 0.4) is 0 Å². The van der Waals surface area contributed by atoms with Crippen LogP contribution in [0.25, 0.3) is 0 Å². The number of hydrogen-bond donors (Lipinski definition) is 2. The van der Waals surface area contributed by atoms with Crippen molar-refractivity contribution in [2.24, 2.45) is 10.9 Å². The maximum absolute atomic E-state index is 14.6. The highest BCUT2D eigenvalue weighted by atomic mass is 19.1. The van der Waals surface area contributed by atoms with E-state index in [0.717, 1.165) is 37.9 Å². The standard InChI is InChI=1S/C24H36FN5O2/c1-26-24(28-20-9-10-30(17-20)23(31)19-5-3-2-4-6-19)27-16-18-7-8-22(21(25)15-18)29-11-13-32-14-12-29/h7-8,15,19-20H,2-6,9-14,16-17H2,1H3,(H2,26,27,28). The molecule has 32 heavy (non-hydrogen) atoms. The number of aliphatic imine (C=N–C) groups is 1. The molecule has 3 fully saturated rings. The van der Waals surface area contributed by atoms with Gasteiger partial charge in [0.25, 0.3) is 0 Å². The van der Waals surface area contributed by atoms with E-state index in [1.165, 1.54) is 19.3 Å². The van der Waals surface area contributed by atoms with Crippen molar-refractivity contribution in [1.29, 1.82) is 0 Å². The summed E-state index contributed by atoms with van der Waals surface area (Å²) in [5, 5.41) is 6.71. The van der Waals surface area contributed by atoms with Gasteiger partial charge in [-0.3, -0.25) is 9.79 Å². The van der Waals surface area contributed by atoms with Gasteiger partial charge in [0.1, 0.15) is 5.82 Å². The second-order valence-electron chi connectivity index (χ2n) is 9.06. The molecule has 1 atom stereocenters. The number of benzene rings is 1. The molecule has 2 N–H and O–H groups in total. The van der Waals surface area contributed by atoms with E-state index in [2.05, 4.69) is 15.6 Å². The van der Waals surface area contributed by atoms with Crippen molar-refractivity contribution < 1.29 is 13.9 Å². The van der Waals surface area contributed by atoms with Gasteiger partial charge < -0.3 is 25.2 Å². The predicted molar refractivity (Wildman–Crippen MR) is 124 cm³/mol. The first kappa shape index (κ1) is 22.8. The van der Waals surface area contributed by atoms with E-state index in [1.807, 2.05) is 21.9 Å². The Balaban J connectivity index is 1.25. The zero-order chi connectivity index (χ0) is 22.3. The monoisotopic (exact) mass is 445 g/mol. The summed E-state index contributed by atoms with van der Waals surface area (Å²) in [6.07, 6.45) is 6.61. The smallest absolute Gasteiger partial charge is 0.225 e. The molecule has 2 heterocycles. The summed E-state index contributed by atoms with van der Waals surface area (Å²) >= 11 is 0. The number of guanidine groups is 1. The molecule has 0 bridgehead atoms. The third kappa shape index (κ3) is 5.71. The molecular formula is C24H36FN5O2. The van der Waals surface area contributed by atoms with Crippen LogP contribution >= 0.6 is 0 Å². The molecule has 0 spiro atoms. The van der Waals surface area contributed by atoms with Crippen molar-refractivity contribution in [2.75, 3.05) is 51.3 Å². The van der Waals surface area contributed by atoms with Gasteiger partial charge in [0.2, 0.25) is 5.91 Å². The minimum atomic E-state index is -0.207. The summed E-state index contributed by atoms with van der Waals surface area (Å²) in [6.45, 7) is 4.71. The molecule has 7 nitrogen and oxygen atoms in total. The summed E-state index contributed by atoms with van der Waals surface area (Å²) in [6, 6.07) is 5.58. The Hall–Kier alpha value is -2.35. The molecule has 4 rings (SSSR count). The molecule has 1 amide bonds. The van der Waals surface area contributed by atoms with E-state index in [4.69, 9.17) is 4.74 Å². The fourth-order valence-corrected chi connectivity index (χ4v) is 4.98. The van der Waals surface area contributed by atoms with E-state index >= 15 is 0 Å². The SMILES string of the molecule is CN=C(NCc1ccc(N2CCOCC2)c(F)c1)NC1CCN(C(=O)C2CCCCC2)C1. The van der Waals surface area contributed by atoms with Crippen LogP contribution < -0.4 is 15.5 Å². The second kappa shape index (κ2) is 11.0. The Morgan fingerprint density at radius 3 is 2.66 bits per heavy atom. The summed E-state index contributed by atoms with van der Waals surface area (Å²) in [5.41, 5.74) is 1.50. The van der Waals surface area contributed by atoms with Crippen molar-refractivity contribution in [1.82, 2.24) is 15.5 Å². The molecule has 1 aliphatic carbocycles. The highest BCUT2D eigenvalue weighted by molar-refractivity contribution is 5.81. The zero-order valence-corrected chi connectivity index (χ0v) is 19.1. The van der Waals surface area contributed by atoms with E-state index in [-0.39, 0.29) is 17.8 Å². The zero-order valence-electron chi connectivity index (χ0n) is 19.1. The second-order valence-corrected chi connectivity index (χ2v) is 9.06. The number of carbonyl (C=O) groups excluding carboxylic acids is 1. The van der Waals surface area contributed by atoms with Gasteiger partial charge in [-0.05, 0) is 37.0 Å². The molecule has 2 aliphatic heterocycles. The number of ether oxygens (including phenoxy) is 1. The summed E-state index contributed by atoms with van der Waals surface area (Å²) in [5.74, 6) is 1.02. The van der Waals surface area contributed by atoms with Gasteiger partial charge >= 0.3 is 0 Å². The van der Waals surface area contributed by atoms with Crippen LogP contribution in [0.2, 0.25) is 0 Å². The van der Waals surface area contributed by atoms with Crippen molar-refractivity contribution >= 4 is 17.6 Å². The number of nitrogens with zero attached hydrogens (tertiary/aromatic N) is 3. The van der Waals surface area contributed by atoms with Crippen molar-refractivity contribution in [3.8, 4) is 0 Å². The average molecular weight is 446 g/mol. The van der Waals surface area contributed by atoms with Crippen LogP contribution in [0, 0.1) is 11.7 Å². The fraction of sp³-hybridized carbons (Fsp3) is 0.667. The van der Waals surface area contributed by atoms with Gasteiger partial charge in [0, 0.05) is 51.7 Å². The Morgan fingerprint density at radius 2 is 1.94 bits per heavy atom. The van der Waals surface area contributed by atoms with Gasteiger partial charge in [0.15, 0.2) is 5.96 Å². The third-order valence-corrected chi connectivity index (χ3v) is 6.84. The van der Waals surface area contributed by atoms with Crippen molar-refractivity contribution in [2.45, 2.75) is 51.1 Å². The Labute approximate surface area is 190 Å². The summed E-state index contributed by atoms with van der Waals surface area (Å²) in [4.78, 5) is 21.1. The number of nitrogens with one attached hydrogen (secondary N) is 2. The molecular weight excluding hydrogens is 409 g/mol. The Kier molecular flexibility index (Phi) is 7.84. The maximum atomic E-state index is 14.6. The molecule has 3 aliphatic rings. The lowest BCUT2D eigenvalue weighted by molar-refractivity contribution is -0.135. The first-order chi connectivity index (χ1) is 15.6. The number of amides is 1. The van der Waals surface area contributed by atoms with Crippen LogP contribution in [-0.2, 0) is 16.1 Å². The van der Waals surface area contributed by atoms with Gasteiger partial charge in [-0.1, -0.05) is 25.3 Å². The van der Waals surface area contributed by atoms with E-state index in [0.29, 0.717) is 50.4 Å². The maximum Gasteiger partial charge on any atom is 0.225 e. The number of halogens is 1. The molecule has 8 heteroatoms. The van der Waals surface area contributed by atoms with Gasteiger partial charge in [0.05, 0.1) is 18.9 Å². The topological polar surface area (TPSA) is 69.2 Å². The summed E-state index contributed by atoms with van der Waals surface area (Å²) < 4.78 is 20.0. The van der Waals surface area contributed by atoms with Crippen LogP contribution in [0.5, 0.6) is 0 Å². The van der Waals surface area contributed by atoms with Crippen molar-refractivity contribution in [3.05, 3.63) is 29.6 Å². The Bertz CT molecular complexity index is 806. The number of carbonyl (C=O) groups is 1.